The molecule has 0 saturated heterocycles. The number of aliphatic carboxylic acids is 1. The summed E-state index contributed by atoms with van der Waals surface area (Å²) in [7, 11) is 0. The van der Waals surface area contributed by atoms with E-state index in [2.05, 4.69) is 15.9 Å². The molecule has 0 spiro atoms. The second-order valence-corrected chi connectivity index (χ2v) is 5.25. The summed E-state index contributed by atoms with van der Waals surface area (Å²) in [6.45, 7) is 0.00925. The zero-order valence-corrected chi connectivity index (χ0v) is 10.8. The lowest BCUT2D eigenvalue weighted by Crippen LogP contribution is -2.20. The maximum atomic E-state index is 11.4. The fourth-order valence-corrected chi connectivity index (χ4v) is 3.10. The minimum absolute atomic E-state index is 0.00925. The molecule has 1 aromatic carbocycles. The first-order valence-corrected chi connectivity index (χ1v) is 6.20. The molecule has 18 heavy (non-hydrogen) atoms. The number of carboxylic acid groups (broad SMARTS) is 1. The molecule has 6 heteroatoms. The van der Waals surface area contributed by atoms with Crippen LogP contribution in [0.2, 0.25) is 0 Å². The quantitative estimate of drug-likeness (QED) is 0.865. The van der Waals surface area contributed by atoms with Crippen LogP contribution in [0, 0.1) is 0 Å². The number of fused-ring (bicyclic) bond motifs is 1. The van der Waals surface area contributed by atoms with E-state index >= 15 is 0 Å². The Bertz CT molecular complexity index is 562. The van der Waals surface area contributed by atoms with E-state index in [1.54, 1.807) is 6.07 Å². The van der Waals surface area contributed by atoms with Crippen molar-refractivity contribution in [2.24, 2.45) is 0 Å². The summed E-state index contributed by atoms with van der Waals surface area (Å²) < 4.78 is 11.2. The second-order valence-electron chi connectivity index (χ2n) is 4.39. The number of rotatable bonds is 3. The van der Waals surface area contributed by atoms with E-state index in [0.717, 1.165) is 0 Å². The van der Waals surface area contributed by atoms with Gasteiger partial charge in [0.05, 0.1) is 11.0 Å². The zero-order chi connectivity index (χ0) is 12.9. The molecule has 5 nitrogen and oxygen atoms in total. The number of benzene rings is 1. The van der Waals surface area contributed by atoms with Crippen molar-refractivity contribution in [1.82, 2.24) is 0 Å². The number of carbonyl (C=O) groups excluding carboxylic acids is 1. The highest BCUT2D eigenvalue weighted by Gasteiger charge is 2.55. The average molecular weight is 313 g/mol. The first kappa shape index (κ1) is 11.5. The standard InChI is InChI=1S/C12H9BrO5/c13-7-3-6(4-14)9-10(18-5-17-9)8(7)12(1-2-12)11(15)16/h3-4H,1-2,5H2,(H,15,16). The maximum absolute atomic E-state index is 11.4. The predicted molar refractivity (Wildman–Crippen MR) is 64.2 cm³/mol. The highest BCUT2D eigenvalue weighted by Crippen LogP contribution is 2.57. The number of carboxylic acids is 1. The van der Waals surface area contributed by atoms with E-state index in [4.69, 9.17) is 9.47 Å². The number of halogens is 1. The van der Waals surface area contributed by atoms with Crippen LogP contribution in [0.25, 0.3) is 0 Å². The monoisotopic (exact) mass is 312 g/mol. The van der Waals surface area contributed by atoms with E-state index in [-0.39, 0.29) is 6.79 Å². The first-order chi connectivity index (χ1) is 8.60. The lowest BCUT2D eigenvalue weighted by Gasteiger charge is -2.15. The normalized spacial score (nSPS) is 18.5. The van der Waals surface area contributed by atoms with Crippen LogP contribution in [0.1, 0.15) is 28.8 Å². The summed E-state index contributed by atoms with van der Waals surface area (Å²) in [5.41, 5.74) is 0.0327. The summed E-state index contributed by atoms with van der Waals surface area (Å²) in [5, 5.41) is 9.35. The van der Waals surface area contributed by atoms with E-state index < -0.39 is 11.4 Å². The van der Waals surface area contributed by atoms with Crippen molar-refractivity contribution in [2.45, 2.75) is 18.3 Å². The third kappa shape index (κ3) is 1.38. The van der Waals surface area contributed by atoms with Crippen LogP contribution in [-0.2, 0) is 10.2 Å². The third-order valence-electron chi connectivity index (χ3n) is 3.39. The van der Waals surface area contributed by atoms with Gasteiger partial charge in [-0.05, 0) is 18.9 Å². The predicted octanol–water partition coefficient (Wildman–Crippen LogP) is 2.11. The van der Waals surface area contributed by atoms with Gasteiger partial charge in [0.1, 0.15) is 0 Å². The van der Waals surface area contributed by atoms with Gasteiger partial charge in [0, 0.05) is 10.0 Å². The molecule has 1 saturated carbocycles. The molecule has 1 heterocycles. The fraction of sp³-hybridized carbons (Fsp3) is 0.333. The Morgan fingerprint density at radius 1 is 1.39 bits per heavy atom. The molecule has 0 aromatic heterocycles. The molecule has 0 unspecified atom stereocenters. The molecule has 0 radical (unpaired) electrons. The van der Waals surface area contributed by atoms with Gasteiger partial charge in [0.2, 0.25) is 6.79 Å². The Hall–Kier alpha value is -1.56. The minimum Gasteiger partial charge on any atom is -0.481 e. The third-order valence-corrected chi connectivity index (χ3v) is 4.01. The summed E-state index contributed by atoms with van der Waals surface area (Å²) in [6, 6.07) is 1.58. The molecule has 1 aliphatic heterocycles. The molecule has 1 fully saturated rings. The lowest BCUT2D eigenvalue weighted by molar-refractivity contribution is -0.140. The van der Waals surface area contributed by atoms with Gasteiger partial charge in [0.15, 0.2) is 17.8 Å². The Labute approximate surface area is 111 Å². The van der Waals surface area contributed by atoms with Crippen molar-refractivity contribution >= 4 is 28.2 Å². The number of hydrogen-bond acceptors (Lipinski definition) is 4. The zero-order valence-electron chi connectivity index (χ0n) is 9.23. The number of carbonyl (C=O) groups is 2. The smallest absolute Gasteiger partial charge is 0.314 e. The Morgan fingerprint density at radius 3 is 2.61 bits per heavy atom. The van der Waals surface area contributed by atoms with E-state index in [9.17, 15) is 14.7 Å². The molecule has 0 bridgehead atoms. The number of ether oxygens (including phenoxy) is 2. The summed E-state index contributed by atoms with van der Waals surface area (Å²) in [4.78, 5) is 22.4. The number of aldehydes is 1. The van der Waals surface area contributed by atoms with Crippen LogP contribution in [0.15, 0.2) is 10.5 Å². The summed E-state index contributed by atoms with van der Waals surface area (Å²) in [5.74, 6) is -0.151. The van der Waals surface area contributed by atoms with Gasteiger partial charge in [-0.3, -0.25) is 9.59 Å². The van der Waals surface area contributed by atoms with Crippen LogP contribution < -0.4 is 9.47 Å². The largest absolute Gasteiger partial charge is 0.481 e. The maximum Gasteiger partial charge on any atom is 0.314 e. The molecular formula is C12H9BrO5. The molecule has 2 aliphatic rings. The topological polar surface area (TPSA) is 72.8 Å². The van der Waals surface area contributed by atoms with Gasteiger partial charge in [-0.1, -0.05) is 15.9 Å². The van der Waals surface area contributed by atoms with Gasteiger partial charge in [-0.2, -0.15) is 0 Å². The van der Waals surface area contributed by atoms with Gasteiger partial charge >= 0.3 is 5.97 Å². The van der Waals surface area contributed by atoms with Gasteiger partial charge in [-0.15, -0.1) is 0 Å². The van der Waals surface area contributed by atoms with Crippen molar-refractivity contribution in [3.63, 3.8) is 0 Å². The summed E-state index contributed by atoms with van der Waals surface area (Å²) in [6.07, 6.45) is 1.80. The summed E-state index contributed by atoms with van der Waals surface area (Å²) >= 11 is 3.33. The van der Waals surface area contributed by atoms with Crippen LogP contribution >= 0.6 is 15.9 Å². The van der Waals surface area contributed by atoms with Crippen LogP contribution in [0.4, 0.5) is 0 Å². The van der Waals surface area contributed by atoms with Gasteiger partial charge in [0.25, 0.3) is 0 Å². The van der Waals surface area contributed by atoms with Crippen molar-refractivity contribution in [2.75, 3.05) is 6.79 Å². The van der Waals surface area contributed by atoms with Crippen molar-refractivity contribution in [3.05, 3.63) is 21.7 Å². The second kappa shape index (κ2) is 3.71. The molecule has 3 rings (SSSR count). The SMILES string of the molecule is O=Cc1cc(Br)c(C2(C(=O)O)CC2)c2c1OCO2. The van der Waals surface area contributed by atoms with Crippen molar-refractivity contribution in [1.29, 1.82) is 0 Å². The van der Waals surface area contributed by atoms with Gasteiger partial charge in [-0.25, -0.2) is 0 Å². The molecule has 1 aromatic rings. The highest BCUT2D eigenvalue weighted by atomic mass is 79.9. The Morgan fingerprint density at radius 2 is 2.06 bits per heavy atom. The highest BCUT2D eigenvalue weighted by molar-refractivity contribution is 9.10. The Kier molecular flexibility index (Phi) is 2.38. The molecule has 1 N–H and O–H groups in total. The average Bonchev–Trinajstić information content (AvgIpc) is 2.99. The van der Waals surface area contributed by atoms with Crippen LogP contribution in [0.3, 0.4) is 0 Å². The Balaban J connectivity index is 2.25. The van der Waals surface area contributed by atoms with Crippen LogP contribution in [-0.4, -0.2) is 24.2 Å². The van der Waals surface area contributed by atoms with Gasteiger partial charge < -0.3 is 14.6 Å². The van der Waals surface area contributed by atoms with E-state index in [1.807, 2.05) is 0 Å². The minimum atomic E-state index is -0.905. The molecule has 94 valence electrons. The fourth-order valence-electron chi connectivity index (χ4n) is 2.29. The first-order valence-electron chi connectivity index (χ1n) is 5.41. The molecule has 1 aliphatic carbocycles. The molecule has 0 atom stereocenters. The van der Waals surface area contributed by atoms with Crippen molar-refractivity contribution in [3.8, 4) is 11.5 Å². The van der Waals surface area contributed by atoms with E-state index in [0.29, 0.717) is 46.2 Å². The number of hydrogen-bond donors (Lipinski definition) is 1. The van der Waals surface area contributed by atoms with Crippen LogP contribution in [0.5, 0.6) is 11.5 Å². The van der Waals surface area contributed by atoms with E-state index in [1.165, 1.54) is 0 Å². The molecule has 0 amide bonds. The van der Waals surface area contributed by atoms with Crippen molar-refractivity contribution < 1.29 is 24.2 Å². The lowest BCUT2D eigenvalue weighted by atomic mass is 9.93. The molecular weight excluding hydrogens is 304 g/mol.